The average Bonchev–Trinajstić information content (AvgIpc) is 2.72. The van der Waals surface area contributed by atoms with Crippen LogP contribution in [0.3, 0.4) is 0 Å². The number of aromatic nitrogens is 2. The van der Waals surface area contributed by atoms with Crippen molar-refractivity contribution in [1.29, 1.82) is 5.26 Å². The second-order valence-corrected chi connectivity index (χ2v) is 8.03. The maximum absolute atomic E-state index is 12.8. The molecule has 2 heterocycles. The van der Waals surface area contributed by atoms with Crippen molar-refractivity contribution in [2.75, 3.05) is 24.5 Å². The number of anilines is 1. The standard InChI is InChI=1S/C22H25N5O2/c1-16-15-26(11-12-27(16)20-8-7-19(14-23)24-25-20)21(28)13-17-3-5-18(6-4-17)22(29)9-2-10-22/h3-8,16,29H,2,9-13,15H2,1H3/t16-/m1/s1. The first-order valence-electron chi connectivity index (χ1n) is 10.1. The van der Waals surface area contributed by atoms with Gasteiger partial charge in [0.15, 0.2) is 11.5 Å². The van der Waals surface area contributed by atoms with Crippen molar-refractivity contribution < 1.29 is 9.90 Å². The third kappa shape index (κ3) is 3.94. The first kappa shape index (κ1) is 19.3. The van der Waals surface area contributed by atoms with Gasteiger partial charge in [-0.15, -0.1) is 10.2 Å². The maximum atomic E-state index is 12.8. The Kier molecular flexibility index (Phi) is 5.20. The van der Waals surface area contributed by atoms with E-state index in [1.807, 2.05) is 35.2 Å². The van der Waals surface area contributed by atoms with Crippen LogP contribution in [-0.2, 0) is 16.8 Å². The Bertz CT molecular complexity index is 916. The highest BCUT2D eigenvalue weighted by Gasteiger charge is 2.36. The lowest BCUT2D eigenvalue weighted by Gasteiger charge is -2.40. The number of rotatable bonds is 4. The minimum Gasteiger partial charge on any atom is -0.385 e. The molecule has 1 atom stereocenters. The fraction of sp³-hybridized carbons (Fsp3) is 0.455. The van der Waals surface area contributed by atoms with E-state index in [4.69, 9.17) is 5.26 Å². The van der Waals surface area contributed by atoms with Crippen LogP contribution in [0, 0.1) is 11.3 Å². The summed E-state index contributed by atoms with van der Waals surface area (Å²) >= 11 is 0. The fourth-order valence-electron chi connectivity index (χ4n) is 4.08. The molecule has 0 radical (unpaired) electrons. The van der Waals surface area contributed by atoms with Crippen molar-refractivity contribution in [2.45, 2.75) is 44.2 Å². The molecule has 1 aliphatic carbocycles. The van der Waals surface area contributed by atoms with Gasteiger partial charge < -0.3 is 14.9 Å². The van der Waals surface area contributed by atoms with E-state index >= 15 is 0 Å². The molecule has 1 saturated heterocycles. The highest BCUT2D eigenvalue weighted by Crippen LogP contribution is 2.40. The largest absolute Gasteiger partial charge is 0.385 e. The summed E-state index contributed by atoms with van der Waals surface area (Å²) in [7, 11) is 0. The van der Waals surface area contributed by atoms with Gasteiger partial charge in [-0.25, -0.2) is 0 Å². The molecule has 0 spiro atoms. The Hall–Kier alpha value is -2.98. The summed E-state index contributed by atoms with van der Waals surface area (Å²) in [5.74, 6) is 0.839. The molecule has 1 N–H and O–H groups in total. The zero-order valence-corrected chi connectivity index (χ0v) is 16.6. The molecule has 2 fully saturated rings. The molecule has 29 heavy (non-hydrogen) atoms. The van der Waals surface area contributed by atoms with Crippen LogP contribution in [0.25, 0.3) is 0 Å². The van der Waals surface area contributed by atoms with E-state index in [9.17, 15) is 9.90 Å². The van der Waals surface area contributed by atoms with Crippen molar-refractivity contribution in [3.63, 3.8) is 0 Å². The summed E-state index contributed by atoms with van der Waals surface area (Å²) < 4.78 is 0. The summed E-state index contributed by atoms with van der Waals surface area (Å²) in [6.07, 6.45) is 3.06. The number of nitrogens with zero attached hydrogens (tertiary/aromatic N) is 5. The van der Waals surface area contributed by atoms with Crippen LogP contribution in [0.15, 0.2) is 36.4 Å². The molecular weight excluding hydrogens is 366 g/mol. The Morgan fingerprint density at radius 1 is 1.21 bits per heavy atom. The second-order valence-electron chi connectivity index (χ2n) is 8.03. The van der Waals surface area contributed by atoms with Gasteiger partial charge in [0.05, 0.1) is 12.0 Å². The van der Waals surface area contributed by atoms with Crippen LogP contribution < -0.4 is 4.90 Å². The maximum Gasteiger partial charge on any atom is 0.227 e. The van der Waals surface area contributed by atoms with Crippen molar-refractivity contribution in [3.8, 4) is 6.07 Å². The van der Waals surface area contributed by atoms with Gasteiger partial charge >= 0.3 is 0 Å². The smallest absolute Gasteiger partial charge is 0.227 e. The topological polar surface area (TPSA) is 93.4 Å². The van der Waals surface area contributed by atoms with Crippen LogP contribution in [0.1, 0.15) is 43.0 Å². The predicted molar refractivity (Wildman–Crippen MR) is 108 cm³/mol. The van der Waals surface area contributed by atoms with Crippen LogP contribution in [0.5, 0.6) is 0 Å². The number of nitriles is 1. The molecule has 2 aliphatic rings. The normalized spacial score (nSPS) is 20.7. The van der Waals surface area contributed by atoms with Crippen molar-refractivity contribution in [1.82, 2.24) is 15.1 Å². The number of carbonyl (C=O) groups excluding carboxylic acids is 1. The third-order valence-corrected chi connectivity index (χ3v) is 6.07. The van der Waals surface area contributed by atoms with E-state index in [1.165, 1.54) is 0 Å². The quantitative estimate of drug-likeness (QED) is 0.857. The zero-order valence-electron chi connectivity index (χ0n) is 16.6. The third-order valence-electron chi connectivity index (χ3n) is 6.07. The number of hydrogen-bond acceptors (Lipinski definition) is 6. The molecule has 1 aromatic heterocycles. The fourth-order valence-corrected chi connectivity index (χ4v) is 4.08. The molecule has 150 valence electrons. The summed E-state index contributed by atoms with van der Waals surface area (Å²) in [5, 5.41) is 27.3. The van der Waals surface area contributed by atoms with Gasteiger partial charge in [-0.2, -0.15) is 5.26 Å². The number of benzene rings is 1. The second kappa shape index (κ2) is 7.80. The van der Waals surface area contributed by atoms with Crippen LogP contribution in [0.4, 0.5) is 5.82 Å². The molecule has 4 rings (SSSR count). The molecule has 0 unspecified atom stereocenters. The molecule has 7 heteroatoms. The SMILES string of the molecule is C[C@@H]1CN(C(=O)Cc2ccc(C3(O)CCC3)cc2)CCN1c1ccc(C#N)nn1. The number of amides is 1. The highest BCUT2D eigenvalue weighted by atomic mass is 16.3. The summed E-state index contributed by atoms with van der Waals surface area (Å²) in [6.45, 7) is 3.99. The highest BCUT2D eigenvalue weighted by molar-refractivity contribution is 5.79. The Labute approximate surface area is 170 Å². The van der Waals surface area contributed by atoms with Gasteiger partial charge in [0.2, 0.25) is 5.91 Å². The van der Waals surface area contributed by atoms with E-state index in [0.717, 1.165) is 36.2 Å². The Balaban J connectivity index is 1.35. The molecule has 2 aromatic rings. The van der Waals surface area contributed by atoms with Crippen molar-refractivity contribution >= 4 is 11.7 Å². The van der Waals surface area contributed by atoms with Crippen LogP contribution in [-0.4, -0.2) is 51.8 Å². The Morgan fingerprint density at radius 2 is 1.97 bits per heavy atom. The molecular formula is C22H25N5O2. The first-order valence-corrected chi connectivity index (χ1v) is 10.1. The minimum atomic E-state index is -0.664. The van der Waals surface area contributed by atoms with Gasteiger partial charge in [0.25, 0.3) is 0 Å². The summed E-state index contributed by atoms with van der Waals surface area (Å²) in [4.78, 5) is 16.8. The Morgan fingerprint density at radius 3 is 2.52 bits per heavy atom. The van der Waals surface area contributed by atoms with Crippen molar-refractivity contribution in [2.24, 2.45) is 0 Å². The van der Waals surface area contributed by atoms with Gasteiger partial charge in [-0.05, 0) is 49.4 Å². The number of piperazine rings is 1. The first-order chi connectivity index (χ1) is 14.0. The van der Waals surface area contributed by atoms with Gasteiger partial charge in [-0.3, -0.25) is 4.79 Å². The zero-order chi connectivity index (χ0) is 20.4. The number of carbonyl (C=O) groups is 1. The number of aliphatic hydroxyl groups is 1. The lowest BCUT2D eigenvalue weighted by atomic mass is 9.75. The molecule has 0 bridgehead atoms. The minimum absolute atomic E-state index is 0.109. The van der Waals surface area contributed by atoms with E-state index in [-0.39, 0.29) is 11.9 Å². The molecule has 1 saturated carbocycles. The van der Waals surface area contributed by atoms with E-state index in [1.54, 1.807) is 12.1 Å². The molecule has 1 amide bonds. The molecule has 1 aromatic carbocycles. The predicted octanol–water partition coefficient (Wildman–Crippen LogP) is 2.00. The van der Waals surface area contributed by atoms with E-state index in [0.29, 0.717) is 31.7 Å². The van der Waals surface area contributed by atoms with Gasteiger partial charge in [0, 0.05) is 25.7 Å². The van der Waals surface area contributed by atoms with E-state index < -0.39 is 5.60 Å². The lowest BCUT2D eigenvalue weighted by Crippen LogP contribution is -2.54. The van der Waals surface area contributed by atoms with Crippen molar-refractivity contribution in [3.05, 3.63) is 53.2 Å². The van der Waals surface area contributed by atoms with Crippen LogP contribution in [0.2, 0.25) is 0 Å². The number of hydrogen-bond donors (Lipinski definition) is 1. The average molecular weight is 391 g/mol. The van der Waals surface area contributed by atoms with Gasteiger partial charge in [-0.1, -0.05) is 24.3 Å². The van der Waals surface area contributed by atoms with Crippen LogP contribution >= 0.6 is 0 Å². The van der Waals surface area contributed by atoms with Gasteiger partial charge in [0.1, 0.15) is 6.07 Å². The molecule has 7 nitrogen and oxygen atoms in total. The monoisotopic (exact) mass is 391 g/mol. The lowest BCUT2D eigenvalue weighted by molar-refractivity contribution is -0.131. The summed E-state index contributed by atoms with van der Waals surface area (Å²) in [6, 6.07) is 13.4. The molecule has 1 aliphatic heterocycles. The summed E-state index contributed by atoms with van der Waals surface area (Å²) in [5.41, 5.74) is 1.55. The van der Waals surface area contributed by atoms with E-state index in [2.05, 4.69) is 22.0 Å².